The molecule has 10 heteroatoms. The van der Waals surface area contributed by atoms with E-state index < -0.39 is 20.9 Å². The quantitative estimate of drug-likeness (QED) is 0.145. The molecule has 0 saturated heterocycles. The van der Waals surface area contributed by atoms with Crippen LogP contribution in [0, 0.1) is 0 Å². The zero-order chi connectivity index (χ0) is 14.8. The molecule has 0 amide bonds. The summed E-state index contributed by atoms with van der Waals surface area (Å²) in [5, 5.41) is 0. The van der Waals surface area contributed by atoms with Crippen molar-refractivity contribution in [1.29, 1.82) is 0 Å². The van der Waals surface area contributed by atoms with Gasteiger partial charge in [0.2, 0.25) is 0 Å². The molecule has 0 heterocycles. The molecule has 114 valence electrons. The Morgan fingerprint density at radius 2 is 1.18 bits per heavy atom. The molecule has 1 unspecified atom stereocenters. The third-order valence-electron chi connectivity index (χ3n) is 2.80. The third-order valence-corrected chi connectivity index (χ3v) is 6.90. The molecule has 0 spiro atoms. The van der Waals surface area contributed by atoms with E-state index in [0.717, 1.165) is 44.9 Å². The van der Waals surface area contributed by atoms with Crippen LogP contribution in [0.2, 0.25) is 0 Å². The van der Waals surface area contributed by atoms with Crippen LogP contribution in [0.4, 0.5) is 0 Å². The van der Waals surface area contributed by atoms with Crippen LogP contribution >= 0.6 is 15.0 Å². The van der Waals surface area contributed by atoms with Gasteiger partial charge in [-0.2, -0.15) is 0 Å². The monoisotopic (exact) mass is 378 g/mol. The first kappa shape index (κ1) is 32.7. The van der Waals surface area contributed by atoms with Gasteiger partial charge in [-0.25, -0.2) is 0 Å². The number of hydrogen-bond acceptors (Lipinski definition) is 5. The van der Waals surface area contributed by atoms with E-state index in [9.17, 15) is 23.8 Å². The van der Waals surface area contributed by atoms with Gasteiger partial charge in [0.05, 0.1) is 0 Å². The van der Waals surface area contributed by atoms with Gasteiger partial charge in [0.1, 0.15) is 0 Å². The summed E-state index contributed by atoms with van der Waals surface area (Å²) < 4.78 is 21.7. The van der Waals surface area contributed by atoms with Crippen molar-refractivity contribution in [2.45, 2.75) is 51.4 Å². The molecular weight excluding hydrogens is 355 g/mol. The normalized spacial score (nSPS) is 13.0. The fourth-order valence-corrected chi connectivity index (χ4v) is 5.24. The van der Waals surface area contributed by atoms with Crippen LogP contribution < -0.4 is 103 Å². The Kier molecular flexibility index (Phi) is 28.1. The predicted molar refractivity (Wildman–Crippen MR) is 72.1 cm³/mol. The summed E-state index contributed by atoms with van der Waals surface area (Å²) in [5.41, 5.74) is 0. The molecule has 0 aliphatic rings. The minimum atomic E-state index is -4.95. The Bertz CT molecular complexity index is 350. The molecule has 0 rings (SSSR count). The van der Waals surface area contributed by atoms with Crippen molar-refractivity contribution in [1.82, 2.24) is 0 Å². The molecule has 0 aliphatic carbocycles. The van der Waals surface area contributed by atoms with Gasteiger partial charge in [0.25, 0.3) is 0 Å². The summed E-state index contributed by atoms with van der Waals surface area (Å²) in [6.07, 6.45) is 9.37. The van der Waals surface area contributed by atoms with Crippen LogP contribution in [0.25, 0.3) is 0 Å². The van der Waals surface area contributed by atoms with E-state index in [1.165, 1.54) is 0 Å². The van der Waals surface area contributed by atoms with Gasteiger partial charge in [-0.1, -0.05) is 45.8 Å². The summed E-state index contributed by atoms with van der Waals surface area (Å²) >= 11 is 0. The SMILES string of the molecule is C=CCCCCCCCCCP(=O)([O-])CP(=O)([O-])[O-].[Na+].[Na+].[Na+]. The maximum absolute atomic E-state index is 11.3. The van der Waals surface area contributed by atoms with Crippen LogP contribution in [0.3, 0.4) is 0 Å². The molecule has 0 radical (unpaired) electrons. The first-order valence-corrected chi connectivity index (χ1v) is 10.4. The van der Waals surface area contributed by atoms with Crippen molar-refractivity contribution in [3.63, 3.8) is 0 Å². The van der Waals surface area contributed by atoms with Crippen molar-refractivity contribution in [3.05, 3.63) is 12.7 Å². The molecule has 0 saturated carbocycles. The van der Waals surface area contributed by atoms with Gasteiger partial charge >= 0.3 is 88.7 Å². The van der Waals surface area contributed by atoms with Crippen LogP contribution in [-0.4, -0.2) is 12.1 Å². The van der Waals surface area contributed by atoms with Crippen molar-refractivity contribution < 1.29 is 112 Å². The molecule has 0 aliphatic heterocycles. The summed E-state index contributed by atoms with van der Waals surface area (Å²) in [4.78, 5) is 32.1. The standard InChI is InChI=1S/C12H26O5P2.3Na/c1-2-3-4-5-6-7-8-9-10-11-18(13,14)12-19(15,16)17;;;/h2H,1,3-12H2,(H,13,14)(H2,15,16,17);;;/q;3*+1/p-3. The van der Waals surface area contributed by atoms with Gasteiger partial charge in [0, 0.05) is 13.3 Å². The second-order valence-corrected chi connectivity index (χ2v) is 9.27. The Balaban J connectivity index is -0.000000540. The number of allylic oxidation sites excluding steroid dienone is 1. The van der Waals surface area contributed by atoms with Crippen LogP contribution in [0.5, 0.6) is 0 Å². The average molecular weight is 378 g/mol. The van der Waals surface area contributed by atoms with E-state index in [2.05, 4.69) is 6.58 Å². The summed E-state index contributed by atoms with van der Waals surface area (Å²) in [7, 11) is -8.98. The summed E-state index contributed by atoms with van der Waals surface area (Å²) in [5.74, 6) is -1.22. The zero-order valence-corrected chi connectivity index (χ0v) is 22.1. The van der Waals surface area contributed by atoms with E-state index in [1.807, 2.05) is 6.08 Å². The number of rotatable bonds is 12. The molecule has 0 aromatic heterocycles. The molecule has 22 heavy (non-hydrogen) atoms. The van der Waals surface area contributed by atoms with Crippen molar-refractivity contribution in [3.8, 4) is 0 Å². The predicted octanol–water partition coefficient (Wildman–Crippen LogP) is -7.19. The Morgan fingerprint density at radius 3 is 1.59 bits per heavy atom. The summed E-state index contributed by atoms with van der Waals surface area (Å²) in [6, 6.07) is 0. The van der Waals surface area contributed by atoms with Crippen molar-refractivity contribution in [2.24, 2.45) is 0 Å². The van der Waals surface area contributed by atoms with E-state index in [-0.39, 0.29) is 94.8 Å². The van der Waals surface area contributed by atoms with Crippen LogP contribution in [0.15, 0.2) is 12.7 Å². The van der Waals surface area contributed by atoms with E-state index >= 15 is 0 Å². The summed E-state index contributed by atoms with van der Waals surface area (Å²) in [6.45, 7) is 3.65. The van der Waals surface area contributed by atoms with Gasteiger partial charge in [-0.05, 0) is 25.4 Å². The Hall–Kier alpha value is 3.08. The van der Waals surface area contributed by atoms with Crippen molar-refractivity contribution >= 4 is 15.0 Å². The molecule has 0 fully saturated rings. The Morgan fingerprint density at radius 1 is 0.773 bits per heavy atom. The maximum Gasteiger partial charge on any atom is 1.00 e. The smallest absolute Gasteiger partial charge is 0.810 e. The van der Waals surface area contributed by atoms with Gasteiger partial charge in [0.15, 0.2) is 0 Å². The fraction of sp³-hybridized carbons (Fsp3) is 0.833. The van der Waals surface area contributed by atoms with Crippen LogP contribution in [0.1, 0.15) is 51.4 Å². The second-order valence-electron chi connectivity index (χ2n) is 4.84. The van der Waals surface area contributed by atoms with E-state index in [1.54, 1.807) is 0 Å². The van der Waals surface area contributed by atoms with Gasteiger partial charge in [-0.15, -0.1) is 6.58 Å². The minimum absolute atomic E-state index is 0. The molecule has 1 atom stereocenters. The first-order valence-electron chi connectivity index (χ1n) is 6.68. The van der Waals surface area contributed by atoms with E-state index in [0.29, 0.717) is 6.42 Å². The molecule has 0 bridgehead atoms. The first-order chi connectivity index (χ1) is 8.77. The fourth-order valence-electron chi connectivity index (χ4n) is 1.86. The second kappa shape index (κ2) is 18.9. The third kappa shape index (κ3) is 25.3. The van der Waals surface area contributed by atoms with E-state index in [4.69, 9.17) is 0 Å². The molecular formula is C12H23Na3O5P2. The number of unbranched alkanes of at least 4 members (excludes halogenated alkanes) is 7. The average Bonchev–Trinajstić information content (AvgIpc) is 2.23. The molecule has 0 N–H and O–H groups in total. The zero-order valence-electron chi connectivity index (χ0n) is 14.3. The minimum Gasteiger partial charge on any atom is -0.810 e. The molecule has 5 nitrogen and oxygen atoms in total. The van der Waals surface area contributed by atoms with Crippen molar-refractivity contribution in [2.75, 3.05) is 12.1 Å². The molecule has 0 aromatic rings. The number of hydrogen-bond donors (Lipinski definition) is 0. The topological polar surface area (TPSA) is 103 Å². The maximum atomic E-state index is 11.3. The molecule has 0 aromatic carbocycles. The van der Waals surface area contributed by atoms with Crippen LogP contribution in [-0.2, 0) is 9.13 Å². The largest absolute Gasteiger partial charge is 1.00 e. The van der Waals surface area contributed by atoms with Gasteiger partial charge in [-0.3, -0.25) is 0 Å². The van der Waals surface area contributed by atoms with Gasteiger partial charge < -0.3 is 23.8 Å². The Labute approximate surface area is 201 Å².